The predicted octanol–water partition coefficient (Wildman–Crippen LogP) is 1.73. The smallest absolute Gasteiger partial charge is 0.256 e. The molecule has 8 nitrogen and oxygen atoms in total. The van der Waals surface area contributed by atoms with E-state index < -0.39 is 6.04 Å². The first-order valence-electron chi connectivity index (χ1n) is 8.63. The van der Waals surface area contributed by atoms with Crippen molar-refractivity contribution in [3.63, 3.8) is 0 Å². The zero-order chi connectivity index (χ0) is 18.8. The number of aromatic nitrogens is 2. The van der Waals surface area contributed by atoms with Crippen LogP contribution in [0.1, 0.15) is 28.2 Å². The Hall–Kier alpha value is -3.42. The van der Waals surface area contributed by atoms with Crippen molar-refractivity contribution >= 4 is 22.8 Å². The monoisotopic (exact) mass is 366 g/mol. The first-order chi connectivity index (χ1) is 13.1. The maximum atomic E-state index is 12.7. The van der Waals surface area contributed by atoms with Crippen LogP contribution in [0.4, 0.5) is 0 Å². The van der Waals surface area contributed by atoms with Gasteiger partial charge < -0.3 is 19.8 Å². The number of nitrogens with one attached hydrogen (secondary N) is 2. The summed E-state index contributed by atoms with van der Waals surface area (Å²) in [6.07, 6.45) is 2.17. The summed E-state index contributed by atoms with van der Waals surface area (Å²) in [5.74, 6) is 0.578. The molecule has 138 valence electrons. The van der Waals surface area contributed by atoms with Crippen molar-refractivity contribution in [3.05, 3.63) is 53.5 Å². The van der Waals surface area contributed by atoms with Crippen molar-refractivity contribution in [3.8, 4) is 5.75 Å². The van der Waals surface area contributed by atoms with Gasteiger partial charge in [-0.1, -0.05) is 0 Å². The molecular weight excluding hydrogens is 348 g/mol. The summed E-state index contributed by atoms with van der Waals surface area (Å²) in [5, 5.41) is 13.9. The van der Waals surface area contributed by atoms with Crippen LogP contribution in [-0.2, 0) is 11.4 Å². The molecule has 0 aliphatic carbocycles. The second-order valence-corrected chi connectivity index (χ2v) is 6.30. The lowest BCUT2D eigenvalue weighted by Gasteiger charge is -2.10. The molecule has 3 aromatic rings. The third kappa shape index (κ3) is 3.46. The van der Waals surface area contributed by atoms with E-state index in [4.69, 9.17) is 9.15 Å². The van der Waals surface area contributed by atoms with E-state index in [-0.39, 0.29) is 18.4 Å². The molecule has 1 aliphatic rings. The summed E-state index contributed by atoms with van der Waals surface area (Å²) in [4.78, 5) is 24.4. The average molecular weight is 366 g/mol. The standard InChI is InChI=1S/C19H18N4O4/c1-11-17(19(25)22-15-6-8-20-18(15)24)14-9-13(4-5-16(14)27-11)26-10-12-3-2-7-21-23-12/h2-5,7,9,15H,6,8,10H2,1H3,(H,20,24)(H,22,25). The van der Waals surface area contributed by atoms with Crippen LogP contribution in [0.15, 0.2) is 40.9 Å². The molecule has 8 heteroatoms. The number of carbonyl (C=O) groups is 2. The van der Waals surface area contributed by atoms with Crippen molar-refractivity contribution in [2.75, 3.05) is 6.54 Å². The quantitative estimate of drug-likeness (QED) is 0.712. The van der Waals surface area contributed by atoms with Gasteiger partial charge in [-0.25, -0.2) is 0 Å². The highest BCUT2D eigenvalue weighted by atomic mass is 16.5. The molecule has 1 aromatic carbocycles. The van der Waals surface area contributed by atoms with Crippen LogP contribution < -0.4 is 15.4 Å². The largest absolute Gasteiger partial charge is 0.487 e. The fraction of sp³-hybridized carbons (Fsp3) is 0.263. The van der Waals surface area contributed by atoms with Crippen molar-refractivity contribution in [1.82, 2.24) is 20.8 Å². The second-order valence-electron chi connectivity index (χ2n) is 6.30. The summed E-state index contributed by atoms with van der Waals surface area (Å²) in [6, 6.07) is 8.38. The zero-order valence-electron chi connectivity index (χ0n) is 14.7. The number of carbonyl (C=O) groups excluding carboxylic acids is 2. The van der Waals surface area contributed by atoms with E-state index in [1.165, 1.54) is 0 Å². The zero-order valence-corrected chi connectivity index (χ0v) is 14.7. The SMILES string of the molecule is Cc1oc2ccc(OCc3cccnn3)cc2c1C(=O)NC1CCNC1=O. The van der Waals surface area contributed by atoms with Gasteiger partial charge in [-0.2, -0.15) is 10.2 Å². The summed E-state index contributed by atoms with van der Waals surface area (Å²) in [6.45, 7) is 2.55. The maximum Gasteiger partial charge on any atom is 0.256 e. The fourth-order valence-electron chi connectivity index (χ4n) is 3.10. The highest BCUT2D eigenvalue weighted by molar-refractivity contribution is 6.08. The Kier molecular flexibility index (Phi) is 4.45. The number of rotatable bonds is 5. The number of aryl methyl sites for hydroxylation is 1. The summed E-state index contributed by atoms with van der Waals surface area (Å²) in [7, 11) is 0. The van der Waals surface area contributed by atoms with Crippen LogP contribution in [-0.4, -0.2) is 34.6 Å². The summed E-state index contributed by atoms with van der Waals surface area (Å²) in [5.41, 5.74) is 1.70. The number of amides is 2. The number of nitrogens with zero attached hydrogens (tertiary/aromatic N) is 2. The molecule has 4 rings (SSSR count). The minimum atomic E-state index is -0.516. The molecule has 27 heavy (non-hydrogen) atoms. The molecule has 1 unspecified atom stereocenters. The molecule has 3 heterocycles. The molecule has 0 spiro atoms. The van der Waals surface area contributed by atoms with E-state index in [2.05, 4.69) is 20.8 Å². The molecular formula is C19H18N4O4. The van der Waals surface area contributed by atoms with Crippen LogP contribution >= 0.6 is 0 Å². The van der Waals surface area contributed by atoms with Gasteiger partial charge in [0.25, 0.3) is 5.91 Å². The number of benzene rings is 1. The van der Waals surface area contributed by atoms with Crippen molar-refractivity contribution in [1.29, 1.82) is 0 Å². The van der Waals surface area contributed by atoms with E-state index in [9.17, 15) is 9.59 Å². The van der Waals surface area contributed by atoms with Crippen LogP contribution in [0.25, 0.3) is 11.0 Å². The van der Waals surface area contributed by atoms with Gasteiger partial charge in [0, 0.05) is 18.1 Å². The van der Waals surface area contributed by atoms with Gasteiger partial charge in [-0.3, -0.25) is 9.59 Å². The average Bonchev–Trinajstić information content (AvgIpc) is 3.22. The van der Waals surface area contributed by atoms with Crippen LogP contribution in [0.3, 0.4) is 0 Å². The van der Waals surface area contributed by atoms with Gasteiger partial charge in [-0.15, -0.1) is 0 Å². The summed E-state index contributed by atoms with van der Waals surface area (Å²) < 4.78 is 11.4. The van der Waals surface area contributed by atoms with E-state index in [0.717, 1.165) is 0 Å². The van der Waals surface area contributed by atoms with E-state index in [1.54, 1.807) is 37.4 Å². The highest BCUT2D eigenvalue weighted by Gasteiger charge is 2.28. The Balaban J connectivity index is 1.57. The normalized spacial score (nSPS) is 16.3. The number of hydrogen-bond acceptors (Lipinski definition) is 6. The molecule has 0 radical (unpaired) electrons. The van der Waals surface area contributed by atoms with Gasteiger partial charge in [-0.05, 0) is 43.7 Å². The first kappa shape index (κ1) is 17.0. The minimum Gasteiger partial charge on any atom is -0.487 e. The third-order valence-electron chi connectivity index (χ3n) is 4.43. The van der Waals surface area contributed by atoms with Gasteiger partial charge in [0.1, 0.15) is 35.4 Å². The Morgan fingerprint density at radius 1 is 1.41 bits per heavy atom. The molecule has 0 saturated carbocycles. The first-order valence-corrected chi connectivity index (χ1v) is 8.63. The number of hydrogen-bond donors (Lipinski definition) is 2. The van der Waals surface area contributed by atoms with Gasteiger partial charge >= 0.3 is 0 Å². The van der Waals surface area contributed by atoms with Gasteiger partial charge in [0.2, 0.25) is 5.91 Å². The molecule has 1 aliphatic heterocycles. The predicted molar refractivity (Wildman–Crippen MR) is 96.2 cm³/mol. The van der Waals surface area contributed by atoms with Crippen LogP contribution in [0, 0.1) is 6.92 Å². The minimum absolute atomic E-state index is 0.165. The molecule has 1 atom stereocenters. The van der Waals surface area contributed by atoms with Crippen LogP contribution in [0.5, 0.6) is 5.75 Å². The maximum absolute atomic E-state index is 12.7. The Morgan fingerprint density at radius 3 is 3.04 bits per heavy atom. The molecule has 2 amide bonds. The molecule has 2 aromatic heterocycles. The van der Waals surface area contributed by atoms with Crippen molar-refractivity contribution in [2.45, 2.75) is 26.0 Å². The molecule has 1 saturated heterocycles. The second kappa shape index (κ2) is 7.06. The Labute approximate surface area is 154 Å². The van der Waals surface area contributed by atoms with Crippen molar-refractivity contribution < 1.29 is 18.7 Å². The topological polar surface area (TPSA) is 106 Å². The van der Waals surface area contributed by atoms with Gasteiger partial charge in [0.05, 0.1) is 5.56 Å². The highest BCUT2D eigenvalue weighted by Crippen LogP contribution is 2.29. The Morgan fingerprint density at radius 2 is 2.30 bits per heavy atom. The lowest BCUT2D eigenvalue weighted by molar-refractivity contribution is -0.120. The summed E-state index contributed by atoms with van der Waals surface area (Å²) >= 11 is 0. The molecule has 1 fully saturated rings. The third-order valence-corrected chi connectivity index (χ3v) is 4.43. The van der Waals surface area contributed by atoms with Crippen LogP contribution in [0.2, 0.25) is 0 Å². The number of furan rings is 1. The lowest BCUT2D eigenvalue weighted by Crippen LogP contribution is -2.40. The van der Waals surface area contributed by atoms with E-state index >= 15 is 0 Å². The Bertz CT molecular complexity index is 1000. The van der Waals surface area contributed by atoms with Crippen molar-refractivity contribution in [2.24, 2.45) is 0 Å². The van der Waals surface area contributed by atoms with E-state index in [0.29, 0.717) is 46.7 Å². The van der Waals surface area contributed by atoms with Gasteiger partial charge in [0.15, 0.2) is 0 Å². The number of ether oxygens (including phenoxy) is 1. The fourth-order valence-corrected chi connectivity index (χ4v) is 3.10. The van der Waals surface area contributed by atoms with E-state index in [1.807, 2.05) is 6.07 Å². The lowest BCUT2D eigenvalue weighted by atomic mass is 10.1. The number of fused-ring (bicyclic) bond motifs is 1. The molecule has 0 bridgehead atoms. The molecule has 2 N–H and O–H groups in total.